The summed E-state index contributed by atoms with van der Waals surface area (Å²) in [6, 6.07) is 8.36. The zero-order valence-corrected chi connectivity index (χ0v) is 18.6. The summed E-state index contributed by atoms with van der Waals surface area (Å²) >= 11 is 0. The number of benzene rings is 2. The molecule has 3 aromatic rings. The average Bonchev–Trinajstić information content (AvgIpc) is 3.06. The van der Waals surface area contributed by atoms with Crippen LogP contribution >= 0.6 is 0 Å². The molecule has 3 rings (SSSR count). The molecule has 0 bridgehead atoms. The Bertz CT molecular complexity index is 1090. The van der Waals surface area contributed by atoms with Gasteiger partial charge >= 0.3 is 0 Å². The second kappa shape index (κ2) is 8.53. The number of carbonyl (C=O) groups is 1. The number of amides is 1. The van der Waals surface area contributed by atoms with E-state index in [1.54, 1.807) is 12.1 Å². The van der Waals surface area contributed by atoms with Crippen LogP contribution in [0.5, 0.6) is 0 Å². The van der Waals surface area contributed by atoms with Crippen LogP contribution < -0.4 is 11.1 Å². The average molecular weight is 433 g/mol. The smallest absolute Gasteiger partial charge is 0.272 e. The van der Waals surface area contributed by atoms with E-state index in [1.165, 1.54) is 29.9 Å². The number of rotatable bonds is 7. The Kier molecular flexibility index (Phi) is 6.23. The fourth-order valence-corrected chi connectivity index (χ4v) is 3.86. The monoisotopic (exact) mass is 432 g/mol. The zero-order valence-electron chi connectivity index (χ0n) is 17.6. The molecular formula is C21H26F2N4O2Si. The fourth-order valence-electron chi connectivity index (χ4n) is 3.11. The van der Waals surface area contributed by atoms with Gasteiger partial charge in [-0.05, 0) is 18.2 Å². The molecule has 1 heterocycles. The van der Waals surface area contributed by atoms with E-state index in [2.05, 4.69) is 30.1 Å². The van der Waals surface area contributed by atoms with Crippen LogP contribution in [0.2, 0.25) is 25.7 Å². The van der Waals surface area contributed by atoms with Crippen molar-refractivity contribution in [3.63, 3.8) is 0 Å². The van der Waals surface area contributed by atoms with Gasteiger partial charge in [0.15, 0.2) is 17.3 Å². The maximum Gasteiger partial charge on any atom is 0.272 e. The molecule has 2 aromatic carbocycles. The van der Waals surface area contributed by atoms with Crippen LogP contribution in [0, 0.1) is 11.6 Å². The highest BCUT2D eigenvalue weighted by molar-refractivity contribution is 6.76. The minimum absolute atomic E-state index is 0.0161. The maximum atomic E-state index is 15.6. The first-order valence-corrected chi connectivity index (χ1v) is 13.4. The number of fused-ring (bicyclic) bond motifs is 1. The van der Waals surface area contributed by atoms with Gasteiger partial charge in [-0.1, -0.05) is 37.8 Å². The van der Waals surface area contributed by atoms with E-state index in [4.69, 9.17) is 10.5 Å². The summed E-state index contributed by atoms with van der Waals surface area (Å²) in [5, 5.41) is 7.10. The Hall–Kier alpha value is -2.78. The van der Waals surface area contributed by atoms with E-state index in [0.29, 0.717) is 12.0 Å². The molecule has 0 unspecified atom stereocenters. The van der Waals surface area contributed by atoms with Gasteiger partial charge in [0.2, 0.25) is 0 Å². The third-order valence-electron chi connectivity index (χ3n) is 4.82. The van der Waals surface area contributed by atoms with Gasteiger partial charge < -0.3 is 15.8 Å². The normalized spacial score (nSPS) is 11.8. The molecule has 0 aliphatic carbocycles. The Balaban J connectivity index is 2.08. The summed E-state index contributed by atoms with van der Waals surface area (Å²) in [5.74, 6) is -1.82. The lowest BCUT2D eigenvalue weighted by Crippen LogP contribution is -2.22. The third-order valence-corrected chi connectivity index (χ3v) is 6.53. The number of hydrogen-bond donors (Lipinski definition) is 2. The number of nitrogen functional groups attached to an aromatic ring is 1. The van der Waals surface area contributed by atoms with Gasteiger partial charge in [0.25, 0.3) is 5.91 Å². The first kappa shape index (κ1) is 21.9. The molecule has 0 aliphatic rings. The lowest BCUT2D eigenvalue weighted by Gasteiger charge is -2.15. The number of halogens is 2. The second-order valence-corrected chi connectivity index (χ2v) is 13.9. The van der Waals surface area contributed by atoms with Crippen LogP contribution in [-0.2, 0) is 11.5 Å². The quantitative estimate of drug-likeness (QED) is 0.332. The number of anilines is 1. The number of hydrogen-bond acceptors (Lipinski definition) is 4. The highest BCUT2D eigenvalue weighted by Gasteiger charge is 2.23. The molecule has 0 fully saturated rings. The highest BCUT2D eigenvalue weighted by atomic mass is 28.3. The number of nitrogens with zero attached hydrogens (tertiary/aromatic N) is 2. The van der Waals surface area contributed by atoms with Crippen LogP contribution in [0.15, 0.2) is 30.3 Å². The Labute approximate surface area is 175 Å². The van der Waals surface area contributed by atoms with Crippen molar-refractivity contribution in [3.8, 4) is 11.1 Å². The third kappa shape index (κ3) is 4.36. The van der Waals surface area contributed by atoms with Gasteiger partial charge in [-0.25, -0.2) is 13.5 Å². The van der Waals surface area contributed by atoms with E-state index in [1.807, 2.05) is 0 Å². The van der Waals surface area contributed by atoms with E-state index < -0.39 is 25.6 Å². The molecule has 160 valence electrons. The number of carbonyl (C=O) groups excluding carboxylic acids is 1. The molecule has 0 aliphatic heterocycles. The van der Waals surface area contributed by atoms with Crippen molar-refractivity contribution in [1.29, 1.82) is 0 Å². The van der Waals surface area contributed by atoms with Crippen LogP contribution in [0.3, 0.4) is 0 Å². The summed E-state index contributed by atoms with van der Waals surface area (Å²) in [6.07, 6.45) is 0. The standard InChI is InChI=1S/C21H26F2N4O2Si/c1-25-21(28)19-15-9-8-14(13-6-5-7-16(24)17(13)22)18(23)20(15)27(26-19)12-29-10-11-30(2,3)4/h5-9H,10-12,24H2,1-4H3,(H,25,28). The molecule has 3 N–H and O–H groups in total. The minimum atomic E-state index is -1.29. The van der Waals surface area contributed by atoms with Gasteiger partial charge in [0, 0.05) is 38.2 Å². The van der Waals surface area contributed by atoms with Crippen LogP contribution in [0.4, 0.5) is 14.5 Å². The topological polar surface area (TPSA) is 82.2 Å². The Morgan fingerprint density at radius 2 is 1.87 bits per heavy atom. The summed E-state index contributed by atoms with van der Waals surface area (Å²) in [5.41, 5.74) is 5.83. The van der Waals surface area contributed by atoms with Crippen LogP contribution in [0.25, 0.3) is 22.0 Å². The minimum Gasteiger partial charge on any atom is -0.396 e. The van der Waals surface area contributed by atoms with Crippen LogP contribution in [0.1, 0.15) is 10.5 Å². The molecule has 6 nitrogen and oxygen atoms in total. The van der Waals surface area contributed by atoms with E-state index in [9.17, 15) is 9.18 Å². The van der Waals surface area contributed by atoms with Crippen molar-refractivity contribution >= 4 is 30.6 Å². The first-order valence-electron chi connectivity index (χ1n) is 9.67. The van der Waals surface area contributed by atoms with E-state index >= 15 is 4.39 Å². The number of aromatic nitrogens is 2. The SMILES string of the molecule is CNC(=O)c1nn(COCC[Si](C)(C)C)c2c(F)c(-c3cccc(N)c3F)ccc12. The van der Waals surface area contributed by atoms with Crippen molar-refractivity contribution < 1.29 is 18.3 Å². The molecule has 1 aromatic heterocycles. The van der Waals surface area contributed by atoms with Crippen molar-refractivity contribution in [2.75, 3.05) is 19.4 Å². The number of nitrogens with one attached hydrogen (secondary N) is 1. The molecule has 0 saturated carbocycles. The summed E-state index contributed by atoms with van der Waals surface area (Å²) in [4.78, 5) is 12.2. The van der Waals surface area contributed by atoms with Gasteiger partial charge in [-0.3, -0.25) is 4.79 Å². The van der Waals surface area contributed by atoms with Gasteiger partial charge in [0.1, 0.15) is 12.2 Å². The molecular weight excluding hydrogens is 406 g/mol. The predicted octanol–water partition coefficient (Wildman–Crippen LogP) is 4.24. The molecule has 0 radical (unpaired) electrons. The second-order valence-electron chi connectivity index (χ2n) is 8.31. The highest BCUT2D eigenvalue weighted by Crippen LogP contribution is 2.33. The Morgan fingerprint density at radius 1 is 1.17 bits per heavy atom. The molecule has 0 atom stereocenters. The lowest BCUT2D eigenvalue weighted by molar-refractivity contribution is 0.0802. The zero-order chi connectivity index (χ0) is 22.1. The largest absolute Gasteiger partial charge is 0.396 e. The van der Waals surface area contributed by atoms with Crippen LogP contribution in [-0.4, -0.2) is 37.4 Å². The molecule has 0 spiro atoms. The molecule has 30 heavy (non-hydrogen) atoms. The predicted molar refractivity (Wildman–Crippen MR) is 117 cm³/mol. The van der Waals surface area contributed by atoms with Gasteiger partial charge in [-0.15, -0.1) is 0 Å². The Morgan fingerprint density at radius 3 is 2.53 bits per heavy atom. The van der Waals surface area contributed by atoms with E-state index in [-0.39, 0.29) is 34.8 Å². The van der Waals surface area contributed by atoms with Gasteiger partial charge in [0.05, 0.1) is 5.69 Å². The van der Waals surface area contributed by atoms with Gasteiger partial charge in [-0.2, -0.15) is 5.10 Å². The number of ether oxygens (including phenoxy) is 1. The van der Waals surface area contributed by atoms with Crippen molar-refractivity contribution in [2.24, 2.45) is 0 Å². The number of nitrogens with two attached hydrogens (primary N) is 1. The fraction of sp³-hybridized carbons (Fsp3) is 0.333. The summed E-state index contributed by atoms with van der Waals surface area (Å²) in [6.45, 7) is 7.19. The molecule has 1 amide bonds. The van der Waals surface area contributed by atoms with Crippen molar-refractivity contribution in [2.45, 2.75) is 32.4 Å². The van der Waals surface area contributed by atoms with Crippen molar-refractivity contribution in [1.82, 2.24) is 15.1 Å². The molecule has 9 heteroatoms. The van der Waals surface area contributed by atoms with Crippen molar-refractivity contribution in [3.05, 3.63) is 47.7 Å². The summed E-state index contributed by atoms with van der Waals surface area (Å²) in [7, 11) is 0.187. The van der Waals surface area contributed by atoms with E-state index in [0.717, 1.165) is 6.04 Å². The molecule has 0 saturated heterocycles. The maximum absolute atomic E-state index is 15.6. The lowest BCUT2D eigenvalue weighted by atomic mass is 10.0. The first-order chi connectivity index (χ1) is 14.1. The summed E-state index contributed by atoms with van der Waals surface area (Å²) < 4.78 is 37.1.